The average Bonchev–Trinajstić information content (AvgIpc) is 3.58. The van der Waals surface area contributed by atoms with Gasteiger partial charge in [0.15, 0.2) is 12.4 Å². The third-order valence-electron chi connectivity index (χ3n) is 7.37. The van der Waals surface area contributed by atoms with Crippen LogP contribution in [-0.4, -0.2) is 24.2 Å². The van der Waals surface area contributed by atoms with Gasteiger partial charge in [-0.2, -0.15) is 0 Å². The van der Waals surface area contributed by atoms with Gasteiger partial charge in [-0.05, 0) is 72.6 Å². The molecule has 7 heteroatoms. The van der Waals surface area contributed by atoms with Crippen LogP contribution in [0.25, 0.3) is 0 Å². The molecule has 6 atom stereocenters. The lowest BCUT2D eigenvalue weighted by molar-refractivity contribution is -0.124. The highest BCUT2D eigenvalue weighted by Crippen LogP contribution is 2.65. The monoisotopic (exact) mass is 467 g/mol. The summed E-state index contributed by atoms with van der Waals surface area (Å²) in [4.78, 5) is 40.1. The third-order valence-corrected chi connectivity index (χ3v) is 8.11. The number of imide groups is 1. The molecule has 32 heavy (non-hydrogen) atoms. The van der Waals surface area contributed by atoms with E-state index >= 15 is 0 Å². The standard InChI is InChI=1S/C25H19Cl2NO4/c26-19-8-1-12(9-20(19)27)21(29)11-32-14-4-2-13(3-5-14)28-24(30)22-15-6-7-16(18-10-17(15)18)23(22)25(28)31/h1-9,15-18,22-23H,10-11H2/t15-,16+,17?,18?,22-,23+. The first-order chi connectivity index (χ1) is 15.4. The second-order valence-electron chi connectivity index (χ2n) is 9.00. The minimum atomic E-state index is -0.233. The molecule has 5 aliphatic rings. The summed E-state index contributed by atoms with van der Waals surface area (Å²) in [6, 6.07) is 11.4. The number of rotatable bonds is 5. The lowest BCUT2D eigenvalue weighted by Crippen LogP contribution is -2.40. The van der Waals surface area contributed by atoms with Gasteiger partial charge >= 0.3 is 0 Å². The number of allylic oxidation sites excluding steroid dienone is 2. The molecule has 1 aliphatic heterocycles. The minimum absolute atomic E-state index is 0.0897. The molecular weight excluding hydrogens is 449 g/mol. The van der Waals surface area contributed by atoms with Crippen LogP contribution in [0.4, 0.5) is 5.69 Å². The maximum Gasteiger partial charge on any atom is 0.238 e. The molecule has 1 saturated heterocycles. The number of nitrogens with zero attached hydrogens (tertiary/aromatic N) is 1. The number of ether oxygens (including phenoxy) is 1. The van der Waals surface area contributed by atoms with E-state index in [4.69, 9.17) is 27.9 Å². The Morgan fingerprint density at radius 3 is 2.12 bits per heavy atom. The number of carbonyl (C=O) groups excluding carboxylic acids is 3. The quantitative estimate of drug-likeness (QED) is 0.359. The van der Waals surface area contributed by atoms with E-state index in [1.807, 2.05) is 0 Å². The fraction of sp³-hybridized carbons (Fsp3) is 0.320. The van der Waals surface area contributed by atoms with Crippen molar-refractivity contribution in [3.05, 3.63) is 70.2 Å². The second-order valence-corrected chi connectivity index (χ2v) is 9.82. The van der Waals surface area contributed by atoms with E-state index in [0.29, 0.717) is 38.9 Å². The summed E-state index contributed by atoms with van der Waals surface area (Å²) in [7, 11) is 0. The Labute approximate surface area is 194 Å². The van der Waals surface area contributed by atoms with Crippen molar-refractivity contribution in [1.82, 2.24) is 0 Å². The van der Waals surface area contributed by atoms with Crippen LogP contribution in [0.5, 0.6) is 5.75 Å². The van der Waals surface area contributed by atoms with Gasteiger partial charge in [0.25, 0.3) is 0 Å². The van der Waals surface area contributed by atoms with Crippen LogP contribution in [0, 0.1) is 35.5 Å². The predicted octanol–water partition coefficient (Wildman–Crippen LogP) is 4.81. The third kappa shape index (κ3) is 2.95. The van der Waals surface area contributed by atoms with Crippen molar-refractivity contribution in [3.63, 3.8) is 0 Å². The lowest BCUT2D eigenvalue weighted by Gasteiger charge is -2.37. The van der Waals surface area contributed by atoms with Gasteiger partial charge in [-0.1, -0.05) is 35.4 Å². The van der Waals surface area contributed by atoms with Gasteiger partial charge in [0.05, 0.1) is 27.6 Å². The summed E-state index contributed by atoms with van der Waals surface area (Å²) in [6.45, 7) is -0.166. The molecular formula is C25H19Cl2NO4. The largest absolute Gasteiger partial charge is 0.485 e. The first-order valence-electron chi connectivity index (χ1n) is 10.7. The van der Waals surface area contributed by atoms with Crippen molar-refractivity contribution >= 4 is 46.5 Å². The van der Waals surface area contributed by atoms with Crippen LogP contribution >= 0.6 is 23.2 Å². The summed E-state index contributed by atoms with van der Waals surface area (Å²) in [5, 5.41) is 0.690. The van der Waals surface area contributed by atoms with E-state index in [9.17, 15) is 14.4 Å². The summed E-state index contributed by atoms with van der Waals surface area (Å²) >= 11 is 11.9. The highest BCUT2D eigenvalue weighted by atomic mass is 35.5. The van der Waals surface area contributed by atoms with E-state index in [-0.39, 0.29) is 47.9 Å². The Balaban J connectivity index is 1.15. The fourth-order valence-corrected chi connectivity index (χ4v) is 6.10. The van der Waals surface area contributed by atoms with Crippen LogP contribution in [-0.2, 0) is 9.59 Å². The Bertz CT molecular complexity index is 1150. The van der Waals surface area contributed by atoms with Crippen LogP contribution in [0.3, 0.4) is 0 Å². The summed E-state index contributed by atoms with van der Waals surface area (Å²) in [5.74, 6) is 1.17. The van der Waals surface area contributed by atoms with Crippen LogP contribution in [0.15, 0.2) is 54.6 Å². The topological polar surface area (TPSA) is 63.7 Å². The average molecular weight is 468 g/mol. The molecule has 2 aromatic carbocycles. The molecule has 2 bridgehead atoms. The number of hydrogen-bond donors (Lipinski definition) is 0. The predicted molar refractivity (Wildman–Crippen MR) is 120 cm³/mol. The molecule has 0 spiro atoms. The number of Topliss-reactive ketones (excluding diaryl/α,β-unsaturated/α-hetero) is 1. The van der Waals surface area contributed by atoms with E-state index < -0.39 is 0 Å². The normalized spacial score (nSPS) is 31.5. The summed E-state index contributed by atoms with van der Waals surface area (Å²) < 4.78 is 5.60. The number of ketones is 1. The molecule has 2 amide bonds. The highest BCUT2D eigenvalue weighted by Gasteiger charge is 2.67. The maximum absolute atomic E-state index is 13.2. The zero-order chi connectivity index (χ0) is 22.1. The van der Waals surface area contributed by atoms with Gasteiger partial charge in [-0.15, -0.1) is 0 Å². The Morgan fingerprint density at radius 1 is 0.906 bits per heavy atom. The molecule has 0 radical (unpaired) electrons. The molecule has 0 aromatic heterocycles. The molecule has 7 rings (SSSR count). The lowest BCUT2D eigenvalue weighted by atomic mass is 9.63. The molecule has 1 heterocycles. The smallest absolute Gasteiger partial charge is 0.238 e. The van der Waals surface area contributed by atoms with Gasteiger partial charge in [0.2, 0.25) is 11.8 Å². The van der Waals surface area contributed by atoms with Crippen molar-refractivity contribution in [1.29, 1.82) is 0 Å². The van der Waals surface area contributed by atoms with Crippen LogP contribution in [0.1, 0.15) is 16.8 Å². The van der Waals surface area contributed by atoms with Gasteiger partial charge in [0, 0.05) is 5.56 Å². The summed E-state index contributed by atoms with van der Waals surface area (Å²) in [5.41, 5.74) is 0.957. The first kappa shape index (κ1) is 20.0. The Morgan fingerprint density at radius 2 is 1.53 bits per heavy atom. The second kappa shape index (κ2) is 7.19. The zero-order valence-corrected chi connectivity index (χ0v) is 18.4. The van der Waals surface area contributed by atoms with E-state index in [2.05, 4.69) is 12.2 Å². The van der Waals surface area contributed by atoms with Gasteiger partial charge < -0.3 is 4.74 Å². The molecule has 4 aliphatic carbocycles. The molecule has 2 saturated carbocycles. The number of hydrogen-bond acceptors (Lipinski definition) is 4. The highest BCUT2D eigenvalue weighted by molar-refractivity contribution is 6.42. The molecule has 2 aromatic rings. The number of carbonyl (C=O) groups is 3. The molecule has 162 valence electrons. The van der Waals surface area contributed by atoms with Gasteiger partial charge in [-0.25, -0.2) is 0 Å². The molecule has 2 unspecified atom stereocenters. The van der Waals surface area contributed by atoms with E-state index in [1.165, 1.54) is 11.0 Å². The van der Waals surface area contributed by atoms with Crippen molar-refractivity contribution in [3.8, 4) is 5.75 Å². The number of amides is 2. The Kier molecular flexibility index (Phi) is 4.50. The van der Waals surface area contributed by atoms with Gasteiger partial charge in [-0.3, -0.25) is 19.3 Å². The zero-order valence-electron chi connectivity index (χ0n) is 16.9. The van der Waals surface area contributed by atoms with Crippen molar-refractivity contribution in [2.45, 2.75) is 6.42 Å². The summed E-state index contributed by atoms with van der Waals surface area (Å²) in [6.07, 6.45) is 5.47. The number of halogens is 2. The van der Waals surface area contributed by atoms with Crippen molar-refractivity contribution in [2.75, 3.05) is 11.5 Å². The van der Waals surface area contributed by atoms with E-state index in [0.717, 1.165) is 6.42 Å². The fourth-order valence-electron chi connectivity index (χ4n) is 5.80. The number of anilines is 1. The molecule has 5 nitrogen and oxygen atoms in total. The SMILES string of the molecule is O=C(COc1ccc(N2C(=O)[C@@H]3[C@H](C2=O)[C@@H]2C=C[C@H]3C3CC32)cc1)c1ccc(Cl)c(Cl)c1. The maximum atomic E-state index is 13.2. The number of benzene rings is 2. The van der Waals surface area contributed by atoms with Gasteiger partial charge in [0.1, 0.15) is 5.75 Å². The van der Waals surface area contributed by atoms with Crippen LogP contribution in [0.2, 0.25) is 10.0 Å². The van der Waals surface area contributed by atoms with Crippen LogP contribution < -0.4 is 9.64 Å². The van der Waals surface area contributed by atoms with Crippen molar-refractivity contribution in [2.24, 2.45) is 35.5 Å². The Hall–Kier alpha value is -2.63. The first-order valence-corrected chi connectivity index (χ1v) is 11.5. The van der Waals surface area contributed by atoms with Crippen molar-refractivity contribution < 1.29 is 19.1 Å². The van der Waals surface area contributed by atoms with E-state index in [1.54, 1.807) is 36.4 Å². The minimum Gasteiger partial charge on any atom is -0.485 e. The molecule has 0 N–H and O–H groups in total. The molecule has 3 fully saturated rings.